The van der Waals surface area contributed by atoms with Crippen LogP contribution in [0.2, 0.25) is 0 Å². The largest absolute Gasteiger partial charge is 1.00 e. The van der Waals surface area contributed by atoms with E-state index < -0.39 is 5.09 Å². The van der Waals surface area contributed by atoms with Gasteiger partial charge in [-0.2, -0.15) is 0 Å². The first kappa shape index (κ1) is 15.7. The molecule has 32 valence electrons. The topological polar surface area (TPSA) is 97.7 Å². The SMILES string of the molecule is O.O=[N+]([O-])[O-].[Cs+]. The molecule has 6 heavy (non-hydrogen) atoms. The fourth-order valence-electron chi connectivity index (χ4n) is 0. The van der Waals surface area contributed by atoms with Crippen molar-refractivity contribution in [3.05, 3.63) is 15.3 Å². The Labute approximate surface area is 92.6 Å². The Hall–Kier alpha value is 1.21. The molecule has 0 radical (unpaired) electrons. The van der Waals surface area contributed by atoms with E-state index in [-0.39, 0.29) is 74.4 Å². The molecule has 0 spiro atoms. The Morgan fingerprint density at radius 2 is 1.33 bits per heavy atom. The molecule has 0 fully saturated rings. The van der Waals surface area contributed by atoms with Crippen LogP contribution in [0.1, 0.15) is 0 Å². The van der Waals surface area contributed by atoms with Gasteiger partial charge in [0.15, 0.2) is 0 Å². The third-order valence-electron chi connectivity index (χ3n) is 0. The maximum Gasteiger partial charge on any atom is 1.00 e. The summed E-state index contributed by atoms with van der Waals surface area (Å²) in [5, 5.41) is 14.8. The zero-order valence-corrected chi connectivity index (χ0v) is 9.45. The van der Waals surface area contributed by atoms with Crippen LogP contribution < -0.4 is 68.9 Å². The Morgan fingerprint density at radius 3 is 1.33 bits per heavy atom. The fourth-order valence-corrected chi connectivity index (χ4v) is 0. The molecule has 0 aromatic rings. The average Bonchev–Trinajstić information content (AvgIpc) is 0.811. The Morgan fingerprint density at radius 1 is 1.33 bits per heavy atom. The van der Waals surface area contributed by atoms with Crippen LogP contribution >= 0.6 is 0 Å². The van der Waals surface area contributed by atoms with Crippen LogP contribution in [0, 0.1) is 15.3 Å². The maximum atomic E-state index is 8.25. The molecular weight excluding hydrogens is 211 g/mol. The van der Waals surface area contributed by atoms with E-state index >= 15 is 0 Å². The molecule has 0 aromatic heterocycles. The Bertz CT molecular complexity index is 30.5. The average molecular weight is 213 g/mol. The first-order valence-corrected chi connectivity index (χ1v) is 0.548. The van der Waals surface area contributed by atoms with Crippen molar-refractivity contribution in [1.29, 1.82) is 0 Å². The van der Waals surface area contributed by atoms with E-state index in [0.29, 0.717) is 0 Å². The molecule has 0 saturated carbocycles. The first-order chi connectivity index (χ1) is 1.73. The molecule has 0 aromatic carbocycles. The number of hydrogen-bond donors (Lipinski definition) is 0. The summed E-state index contributed by atoms with van der Waals surface area (Å²) in [6.07, 6.45) is 0. The third-order valence-corrected chi connectivity index (χ3v) is 0. The second-order valence-corrected chi connectivity index (χ2v) is 0.224. The number of hydrogen-bond acceptors (Lipinski definition) is 3. The minimum atomic E-state index is -1.75. The van der Waals surface area contributed by atoms with Crippen molar-refractivity contribution in [3.63, 3.8) is 0 Å². The minimum absolute atomic E-state index is 0. The van der Waals surface area contributed by atoms with Crippen molar-refractivity contribution in [2.75, 3.05) is 0 Å². The molecule has 2 N–H and O–H groups in total. The predicted octanol–water partition coefficient (Wildman–Crippen LogP) is -4.06. The van der Waals surface area contributed by atoms with Crippen molar-refractivity contribution in [3.8, 4) is 0 Å². The molecule has 6 heteroatoms. The van der Waals surface area contributed by atoms with Gasteiger partial charge in [0.05, 0.1) is 5.09 Å². The number of rotatable bonds is 0. The summed E-state index contributed by atoms with van der Waals surface area (Å²) in [6.45, 7) is 0. The molecule has 0 saturated heterocycles. The predicted molar refractivity (Wildman–Crippen MR) is 14.0 cm³/mol. The van der Waals surface area contributed by atoms with Gasteiger partial charge in [0.25, 0.3) is 0 Å². The van der Waals surface area contributed by atoms with Crippen LogP contribution in [-0.4, -0.2) is 10.6 Å². The van der Waals surface area contributed by atoms with E-state index in [0.717, 1.165) is 0 Å². The van der Waals surface area contributed by atoms with E-state index in [1.807, 2.05) is 0 Å². The van der Waals surface area contributed by atoms with Gasteiger partial charge in [-0.3, -0.25) is 0 Å². The molecule has 0 heterocycles. The van der Waals surface area contributed by atoms with Gasteiger partial charge in [-0.25, -0.2) is 0 Å². The van der Waals surface area contributed by atoms with Gasteiger partial charge in [0.1, 0.15) is 0 Å². The van der Waals surface area contributed by atoms with Crippen LogP contribution in [0.25, 0.3) is 0 Å². The van der Waals surface area contributed by atoms with E-state index in [9.17, 15) is 0 Å². The van der Waals surface area contributed by atoms with Crippen molar-refractivity contribution in [2.45, 2.75) is 0 Å². The van der Waals surface area contributed by atoms with Crippen LogP contribution in [0.3, 0.4) is 0 Å². The van der Waals surface area contributed by atoms with E-state index in [4.69, 9.17) is 15.3 Å². The minimum Gasteiger partial charge on any atom is -0.412 e. The summed E-state index contributed by atoms with van der Waals surface area (Å²) in [4.78, 5) is 8.25. The van der Waals surface area contributed by atoms with Crippen LogP contribution in [0.4, 0.5) is 0 Å². The maximum absolute atomic E-state index is 8.25. The smallest absolute Gasteiger partial charge is 0.412 e. The van der Waals surface area contributed by atoms with Crippen LogP contribution in [0.15, 0.2) is 0 Å². The van der Waals surface area contributed by atoms with Gasteiger partial charge in [-0.05, 0) is 0 Å². The molecule has 5 nitrogen and oxygen atoms in total. The summed E-state index contributed by atoms with van der Waals surface area (Å²) in [5.74, 6) is 0. The molecule has 0 bridgehead atoms. The van der Waals surface area contributed by atoms with Crippen molar-refractivity contribution in [2.24, 2.45) is 0 Å². The molecule has 0 aliphatic rings. The fraction of sp³-hybridized carbons (Fsp3) is 0. The summed E-state index contributed by atoms with van der Waals surface area (Å²) in [6, 6.07) is 0. The molecule has 0 amide bonds. The van der Waals surface area contributed by atoms with E-state index in [1.165, 1.54) is 0 Å². The van der Waals surface area contributed by atoms with Gasteiger partial charge >= 0.3 is 68.9 Å². The standard InChI is InChI=1S/Cs.NO3.H2O/c;2-1(3)4;/h;;1H2/q+1;-1;. The summed E-state index contributed by atoms with van der Waals surface area (Å²) >= 11 is 0. The van der Waals surface area contributed by atoms with Crippen LogP contribution in [0.5, 0.6) is 0 Å². The Kier molecular flexibility index (Phi) is 24.9. The zero-order valence-electron chi connectivity index (χ0n) is 3.17. The van der Waals surface area contributed by atoms with Gasteiger partial charge in [0.2, 0.25) is 0 Å². The molecule has 0 aliphatic heterocycles. The van der Waals surface area contributed by atoms with Crippen molar-refractivity contribution < 1.29 is 79.5 Å². The molecule has 0 unspecified atom stereocenters. The van der Waals surface area contributed by atoms with Gasteiger partial charge in [0, 0.05) is 0 Å². The first-order valence-electron chi connectivity index (χ1n) is 0.548. The van der Waals surface area contributed by atoms with Crippen molar-refractivity contribution in [1.82, 2.24) is 0 Å². The zero-order chi connectivity index (χ0) is 3.58. The monoisotopic (exact) mass is 213 g/mol. The summed E-state index contributed by atoms with van der Waals surface area (Å²) in [5.41, 5.74) is 0. The molecule has 0 rings (SSSR count). The molecular formula is H2CsNO4. The normalized spacial score (nSPS) is 4.00. The second kappa shape index (κ2) is 9.51. The van der Waals surface area contributed by atoms with E-state index in [1.54, 1.807) is 0 Å². The second-order valence-electron chi connectivity index (χ2n) is 0.224. The Balaban J connectivity index is -0.0000000450. The summed E-state index contributed by atoms with van der Waals surface area (Å²) in [7, 11) is 0. The van der Waals surface area contributed by atoms with Crippen LogP contribution in [-0.2, 0) is 0 Å². The summed E-state index contributed by atoms with van der Waals surface area (Å²) < 4.78 is 0. The number of nitrogens with zero attached hydrogens (tertiary/aromatic N) is 1. The van der Waals surface area contributed by atoms with Crippen molar-refractivity contribution >= 4 is 0 Å². The van der Waals surface area contributed by atoms with Gasteiger partial charge < -0.3 is 20.8 Å². The van der Waals surface area contributed by atoms with E-state index in [2.05, 4.69) is 0 Å². The molecule has 0 aliphatic carbocycles. The quantitative estimate of drug-likeness (QED) is 0.302. The third kappa shape index (κ3) is 63.0. The van der Waals surface area contributed by atoms with Gasteiger partial charge in [-0.15, -0.1) is 0 Å². The molecule has 0 atom stereocenters. The van der Waals surface area contributed by atoms with Gasteiger partial charge in [-0.1, -0.05) is 0 Å².